The molecule has 5 nitrogen and oxygen atoms in total. The Morgan fingerprint density at radius 1 is 0.857 bits per heavy atom. The Morgan fingerprint density at radius 2 is 1.54 bits per heavy atom. The Kier molecular flexibility index (Phi) is 8.58. The van der Waals surface area contributed by atoms with Crippen LogP contribution in [0.15, 0.2) is 48.5 Å². The van der Waals surface area contributed by atoms with Gasteiger partial charge in [0, 0.05) is 51.3 Å². The number of carbonyl (C=O) groups excluding carboxylic acids is 1. The van der Waals surface area contributed by atoms with Crippen LogP contribution in [0.4, 0.5) is 0 Å². The number of carbonyl (C=O) groups is 1. The molecule has 0 radical (unpaired) electrons. The molecule has 0 N–H and O–H groups in total. The van der Waals surface area contributed by atoms with Gasteiger partial charge in [0.1, 0.15) is 0 Å². The van der Waals surface area contributed by atoms with E-state index in [2.05, 4.69) is 21.9 Å². The van der Waals surface area contributed by atoms with Crippen molar-refractivity contribution < 1.29 is 14.3 Å². The van der Waals surface area contributed by atoms with Crippen LogP contribution in [0.1, 0.15) is 22.3 Å². The first-order valence-electron chi connectivity index (χ1n) is 9.19. The summed E-state index contributed by atoms with van der Waals surface area (Å²) in [6.45, 7) is 6.14. The highest BCUT2D eigenvalue weighted by atomic mass is 35.5. The molecule has 0 aliphatic carbocycles. The molecule has 28 heavy (non-hydrogen) atoms. The van der Waals surface area contributed by atoms with Crippen molar-refractivity contribution in [2.45, 2.75) is 13.0 Å². The molecule has 0 unspecified atom stereocenters. The number of benzene rings is 2. The van der Waals surface area contributed by atoms with Gasteiger partial charge in [-0.2, -0.15) is 0 Å². The minimum absolute atomic E-state index is 0. The molecule has 2 aliphatic rings. The second-order valence-corrected chi connectivity index (χ2v) is 6.84. The fourth-order valence-electron chi connectivity index (χ4n) is 3.50. The van der Waals surface area contributed by atoms with Gasteiger partial charge < -0.3 is 14.4 Å². The summed E-state index contributed by atoms with van der Waals surface area (Å²) in [5.41, 5.74) is 2.07. The number of hydrogen-bond acceptors (Lipinski definition) is 5. The third-order valence-corrected chi connectivity index (χ3v) is 5.06. The van der Waals surface area contributed by atoms with E-state index in [0.717, 1.165) is 56.3 Å². The van der Waals surface area contributed by atoms with Crippen LogP contribution in [0, 0.1) is 0 Å². The van der Waals surface area contributed by atoms with Crippen LogP contribution in [0.2, 0.25) is 0 Å². The average molecular weight is 425 g/mol. The second kappa shape index (κ2) is 10.7. The summed E-state index contributed by atoms with van der Waals surface area (Å²) in [4.78, 5) is 17.1. The standard InChI is InChI=1S/C21H24N2O3.2ClH/c24-19(18-4-2-1-3-5-18)8-9-22-10-12-23(13-11-22)15-17-6-7-20-21(14-17)26-16-25-20;;/h1-7,14H,8-13,15-16H2;2*1H. The lowest BCUT2D eigenvalue weighted by atomic mass is 10.1. The van der Waals surface area contributed by atoms with Gasteiger partial charge in [-0.15, -0.1) is 24.8 Å². The number of halogens is 2. The first-order chi connectivity index (χ1) is 12.8. The molecule has 0 saturated carbocycles. The van der Waals surface area contributed by atoms with Crippen LogP contribution < -0.4 is 9.47 Å². The zero-order valence-electron chi connectivity index (χ0n) is 15.7. The van der Waals surface area contributed by atoms with Gasteiger partial charge in [-0.25, -0.2) is 0 Å². The molecule has 2 aliphatic heterocycles. The molecule has 0 aromatic heterocycles. The topological polar surface area (TPSA) is 42.0 Å². The van der Waals surface area contributed by atoms with Crippen molar-refractivity contribution in [1.82, 2.24) is 9.80 Å². The Balaban J connectivity index is 0.00000140. The minimum Gasteiger partial charge on any atom is -0.454 e. The van der Waals surface area contributed by atoms with Crippen LogP contribution in [0.5, 0.6) is 11.5 Å². The van der Waals surface area contributed by atoms with Crippen molar-refractivity contribution in [3.05, 3.63) is 59.7 Å². The maximum atomic E-state index is 12.2. The van der Waals surface area contributed by atoms with E-state index < -0.39 is 0 Å². The van der Waals surface area contributed by atoms with Gasteiger partial charge in [0.2, 0.25) is 6.79 Å². The van der Waals surface area contributed by atoms with Crippen molar-refractivity contribution in [2.75, 3.05) is 39.5 Å². The van der Waals surface area contributed by atoms with Gasteiger partial charge in [-0.05, 0) is 17.7 Å². The number of hydrogen-bond donors (Lipinski definition) is 0. The summed E-state index contributed by atoms with van der Waals surface area (Å²) in [6.07, 6.45) is 0.589. The van der Waals surface area contributed by atoms with E-state index in [9.17, 15) is 4.79 Å². The molecule has 4 rings (SSSR count). The molecule has 152 valence electrons. The minimum atomic E-state index is 0. The van der Waals surface area contributed by atoms with Crippen molar-refractivity contribution in [2.24, 2.45) is 0 Å². The lowest BCUT2D eigenvalue weighted by Gasteiger charge is -2.34. The number of ketones is 1. The molecule has 1 saturated heterocycles. The average Bonchev–Trinajstić information content (AvgIpc) is 3.16. The van der Waals surface area contributed by atoms with Gasteiger partial charge in [0.05, 0.1) is 0 Å². The monoisotopic (exact) mass is 424 g/mol. The maximum Gasteiger partial charge on any atom is 0.231 e. The number of rotatable bonds is 6. The zero-order valence-corrected chi connectivity index (χ0v) is 17.3. The number of piperazine rings is 1. The molecule has 0 atom stereocenters. The number of ether oxygens (including phenoxy) is 2. The van der Waals surface area contributed by atoms with E-state index in [4.69, 9.17) is 9.47 Å². The first-order valence-corrected chi connectivity index (χ1v) is 9.19. The molecule has 2 heterocycles. The fourth-order valence-corrected chi connectivity index (χ4v) is 3.50. The van der Waals surface area contributed by atoms with Crippen LogP contribution in [0.25, 0.3) is 0 Å². The Bertz CT molecular complexity index is 766. The van der Waals surface area contributed by atoms with Crippen LogP contribution in [0.3, 0.4) is 0 Å². The van der Waals surface area contributed by atoms with Gasteiger partial charge in [-0.1, -0.05) is 36.4 Å². The lowest BCUT2D eigenvalue weighted by molar-refractivity contribution is 0.0922. The van der Waals surface area contributed by atoms with Crippen molar-refractivity contribution in [1.29, 1.82) is 0 Å². The quantitative estimate of drug-likeness (QED) is 0.661. The summed E-state index contributed by atoms with van der Waals surface area (Å²) in [5.74, 6) is 1.91. The first kappa shape index (κ1) is 22.5. The molecule has 7 heteroatoms. The van der Waals surface area contributed by atoms with Crippen molar-refractivity contribution in [3.8, 4) is 11.5 Å². The van der Waals surface area contributed by atoms with Crippen molar-refractivity contribution >= 4 is 30.6 Å². The predicted molar refractivity (Wildman–Crippen MR) is 114 cm³/mol. The summed E-state index contributed by atoms with van der Waals surface area (Å²) in [5, 5.41) is 0. The number of fused-ring (bicyclic) bond motifs is 1. The largest absolute Gasteiger partial charge is 0.454 e. The van der Waals surface area contributed by atoms with E-state index in [-0.39, 0.29) is 30.6 Å². The Labute approximate surface area is 178 Å². The molecule has 0 amide bonds. The van der Waals surface area contributed by atoms with Gasteiger partial charge >= 0.3 is 0 Å². The summed E-state index contributed by atoms with van der Waals surface area (Å²) in [6, 6.07) is 15.7. The maximum absolute atomic E-state index is 12.2. The highest BCUT2D eigenvalue weighted by Crippen LogP contribution is 2.32. The molecular formula is C21H26Cl2N2O3. The third-order valence-electron chi connectivity index (χ3n) is 5.06. The Hall–Kier alpha value is -1.79. The van der Waals surface area contributed by atoms with Gasteiger partial charge in [-0.3, -0.25) is 9.69 Å². The number of Topliss-reactive ketones (excluding diaryl/α,β-unsaturated/α-hetero) is 1. The number of nitrogens with zero attached hydrogens (tertiary/aromatic N) is 2. The molecule has 2 aromatic carbocycles. The third kappa shape index (κ3) is 5.61. The molecule has 2 aromatic rings. The van der Waals surface area contributed by atoms with E-state index in [0.29, 0.717) is 13.2 Å². The zero-order chi connectivity index (χ0) is 17.8. The smallest absolute Gasteiger partial charge is 0.231 e. The Morgan fingerprint density at radius 3 is 2.29 bits per heavy atom. The predicted octanol–water partition coefficient (Wildman–Crippen LogP) is 3.65. The van der Waals surface area contributed by atoms with E-state index in [1.165, 1.54) is 5.56 Å². The van der Waals surface area contributed by atoms with Crippen molar-refractivity contribution in [3.63, 3.8) is 0 Å². The van der Waals surface area contributed by atoms with E-state index in [1.54, 1.807) is 0 Å². The van der Waals surface area contributed by atoms with Crippen LogP contribution in [-0.2, 0) is 6.54 Å². The van der Waals surface area contributed by atoms with Gasteiger partial charge in [0.25, 0.3) is 0 Å². The highest BCUT2D eigenvalue weighted by Gasteiger charge is 2.19. The molecule has 0 bridgehead atoms. The molecular weight excluding hydrogens is 399 g/mol. The summed E-state index contributed by atoms with van der Waals surface area (Å²) < 4.78 is 10.8. The summed E-state index contributed by atoms with van der Waals surface area (Å²) in [7, 11) is 0. The second-order valence-electron chi connectivity index (χ2n) is 6.84. The highest BCUT2D eigenvalue weighted by molar-refractivity contribution is 5.96. The van der Waals surface area contributed by atoms with E-state index in [1.807, 2.05) is 36.4 Å². The van der Waals surface area contributed by atoms with Gasteiger partial charge in [0.15, 0.2) is 17.3 Å². The van der Waals surface area contributed by atoms with E-state index >= 15 is 0 Å². The normalized spacial score (nSPS) is 16.1. The lowest BCUT2D eigenvalue weighted by Crippen LogP contribution is -2.46. The van der Waals surface area contributed by atoms with Crippen LogP contribution >= 0.6 is 24.8 Å². The summed E-state index contributed by atoms with van der Waals surface area (Å²) >= 11 is 0. The molecule has 0 spiro atoms. The molecule has 1 fully saturated rings. The SMILES string of the molecule is Cl.Cl.O=C(CCN1CCN(Cc2ccc3c(c2)OCO3)CC1)c1ccccc1. The van der Waals surface area contributed by atoms with Crippen LogP contribution in [-0.4, -0.2) is 55.1 Å². The fraction of sp³-hybridized carbons (Fsp3) is 0.381.